The minimum atomic E-state index is -0.900. The Labute approximate surface area is 98.2 Å². The monoisotopic (exact) mass is 236 g/mol. The maximum Gasteiger partial charge on any atom is 0.299 e. The molecule has 1 aromatic rings. The van der Waals surface area contributed by atoms with Crippen LogP contribution in [0.4, 0.5) is 0 Å². The summed E-state index contributed by atoms with van der Waals surface area (Å²) in [7, 11) is 3.61. The largest absolute Gasteiger partial charge is 0.383 e. The Morgan fingerprint density at radius 1 is 1.35 bits per heavy atom. The average molecular weight is 236 g/mol. The van der Waals surface area contributed by atoms with Crippen molar-refractivity contribution in [2.75, 3.05) is 14.1 Å². The molecular formula is C11H12N2O4. The molecule has 0 unspecified atom stereocenters. The summed E-state index contributed by atoms with van der Waals surface area (Å²) >= 11 is 0. The van der Waals surface area contributed by atoms with Gasteiger partial charge in [0.2, 0.25) is 0 Å². The number of ketones is 1. The number of allylic oxidation sites excluding steroid dienone is 1. The van der Waals surface area contributed by atoms with Gasteiger partial charge in [-0.25, -0.2) is 0 Å². The zero-order valence-electron chi connectivity index (χ0n) is 9.49. The van der Waals surface area contributed by atoms with Crippen molar-refractivity contribution in [1.29, 1.82) is 0 Å². The highest BCUT2D eigenvalue weighted by molar-refractivity contribution is 6.04. The van der Waals surface area contributed by atoms with Gasteiger partial charge in [0, 0.05) is 31.9 Å². The van der Waals surface area contributed by atoms with E-state index in [1.807, 2.05) is 0 Å². The summed E-state index contributed by atoms with van der Waals surface area (Å²) in [6, 6.07) is 5.70. The van der Waals surface area contributed by atoms with Gasteiger partial charge in [0.05, 0.1) is 0 Å². The van der Waals surface area contributed by atoms with Crippen molar-refractivity contribution in [2.45, 2.75) is 0 Å². The summed E-state index contributed by atoms with van der Waals surface area (Å²) in [5.41, 5.74) is 0.443. The van der Waals surface area contributed by atoms with Crippen LogP contribution in [0.15, 0.2) is 36.5 Å². The van der Waals surface area contributed by atoms with Crippen LogP contribution in [-0.2, 0) is 0 Å². The van der Waals surface area contributed by atoms with Crippen molar-refractivity contribution < 1.29 is 14.7 Å². The van der Waals surface area contributed by atoms with Crippen LogP contribution in [0.5, 0.6) is 5.75 Å². The van der Waals surface area contributed by atoms with Gasteiger partial charge in [0.1, 0.15) is 5.75 Å². The van der Waals surface area contributed by atoms with Gasteiger partial charge in [-0.3, -0.25) is 9.63 Å². The molecule has 0 aliphatic carbocycles. The molecule has 0 fully saturated rings. The van der Waals surface area contributed by atoms with Gasteiger partial charge in [-0.2, -0.15) is 0 Å². The molecule has 1 aromatic carbocycles. The summed E-state index contributed by atoms with van der Waals surface area (Å²) in [6.45, 7) is 0. The summed E-state index contributed by atoms with van der Waals surface area (Å²) < 4.78 is 0. The fourth-order valence-electron chi connectivity index (χ4n) is 1.08. The first-order chi connectivity index (χ1) is 7.99. The molecule has 0 bridgehead atoms. The fourth-order valence-corrected chi connectivity index (χ4v) is 1.08. The number of rotatable bonds is 5. The number of hydrogen-bond acceptors (Lipinski definition) is 5. The maximum absolute atomic E-state index is 11.6. The SMILES string of the molecule is CN(C)/C=C/C(=O)c1ccc(O[N+](=O)[O-])cc1. The highest BCUT2D eigenvalue weighted by Gasteiger charge is 2.03. The third-order valence-electron chi connectivity index (χ3n) is 1.84. The number of hydrogen-bond donors (Lipinski definition) is 0. The van der Waals surface area contributed by atoms with Crippen molar-refractivity contribution >= 4 is 5.78 Å². The minimum absolute atomic E-state index is 0.0862. The molecule has 90 valence electrons. The van der Waals surface area contributed by atoms with E-state index in [1.165, 1.54) is 30.3 Å². The predicted molar refractivity (Wildman–Crippen MR) is 61.2 cm³/mol. The van der Waals surface area contributed by atoms with Crippen LogP contribution in [0.2, 0.25) is 0 Å². The number of carbonyl (C=O) groups is 1. The van der Waals surface area contributed by atoms with Gasteiger partial charge in [-0.15, -0.1) is 10.1 Å². The van der Waals surface area contributed by atoms with Crippen LogP contribution in [0, 0.1) is 10.1 Å². The van der Waals surface area contributed by atoms with E-state index in [0.29, 0.717) is 5.56 Å². The summed E-state index contributed by atoms with van der Waals surface area (Å²) in [6.07, 6.45) is 3.05. The molecule has 0 heterocycles. The number of nitrogens with zero attached hydrogens (tertiary/aromatic N) is 2. The molecule has 0 N–H and O–H groups in total. The molecule has 0 saturated carbocycles. The molecule has 0 aliphatic heterocycles. The summed E-state index contributed by atoms with van der Waals surface area (Å²) in [4.78, 5) is 27.6. The number of carbonyl (C=O) groups excluding carboxylic acids is 1. The van der Waals surface area contributed by atoms with E-state index in [0.717, 1.165) is 0 Å². The third kappa shape index (κ3) is 4.33. The normalized spacial score (nSPS) is 10.2. The highest BCUT2D eigenvalue weighted by Crippen LogP contribution is 2.12. The van der Waals surface area contributed by atoms with E-state index in [1.54, 1.807) is 25.2 Å². The zero-order valence-corrected chi connectivity index (χ0v) is 9.49. The van der Waals surface area contributed by atoms with Crippen LogP contribution in [-0.4, -0.2) is 29.9 Å². The first-order valence-electron chi connectivity index (χ1n) is 4.80. The van der Waals surface area contributed by atoms with Gasteiger partial charge < -0.3 is 4.90 Å². The molecule has 0 atom stereocenters. The highest BCUT2D eigenvalue weighted by atomic mass is 17.0. The van der Waals surface area contributed by atoms with E-state index >= 15 is 0 Å². The quantitative estimate of drug-likeness (QED) is 0.335. The molecule has 1 rings (SSSR count). The first kappa shape index (κ1) is 12.7. The molecule has 6 nitrogen and oxygen atoms in total. The topological polar surface area (TPSA) is 72.7 Å². The van der Waals surface area contributed by atoms with Gasteiger partial charge >= 0.3 is 0 Å². The Kier molecular flexibility index (Phi) is 4.21. The molecule has 0 radical (unpaired) electrons. The second-order valence-electron chi connectivity index (χ2n) is 3.48. The molecule has 0 saturated heterocycles. The van der Waals surface area contributed by atoms with Gasteiger partial charge in [0.15, 0.2) is 5.78 Å². The Balaban J connectivity index is 2.73. The van der Waals surface area contributed by atoms with E-state index in [-0.39, 0.29) is 11.5 Å². The van der Waals surface area contributed by atoms with Gasteiger partial charge in [-0.05, 0) is 24.3 Å². The lowest BCUT2D eigenvalue weighted by Gasteiger charge is -2.03. The van der Waals surface area contributed by atoms with E-state index in [2.05, 4.69) is 4.84 Å². The Hall–Kier alpha value is -2.37. The fraction of sp³-hybridized carbons (Fsp3) is 0.182. The van der Waals surface area contributed by atoms with Crippen molar-refractivity contribution in [3.8, 4) is 5.75 Å². The second kappa shape index (κ2) is 5.64. The maximum atomic E-state index is 11.6. The average Bonchev–Trinajstić information content (AvgIpc) is 2.26. The van der Waals surface area contributed by atoms with Crippen LogP contribution in [0.1, 0.15) is 10.4 Å². The third-order valence-corrected chi connectivity index (χ3v) is 1.84. The first-order valence-corrected chi connectivity index (χ1v) is 4.80. The van der Waals surface area contributed by atoms with E-state index in [9.17, 15) is 14.9 Å². The van der Waals surface area contributed by atoms with Gasteiger partial charge in [-0.1, -0.05) is 0 Å². The summed E-state index contributed by atoms with van der Waals surface area (Å²) in [5.74, 6) is -0.0884. The summed E-state index contributed by atoms with van der Waals surface area (Å²) in [5, 5.41) is 9.16. The molecule has 17 heavy (non-hydrogen) atoms. The lowest BCUT2D eigenvalue weighted by molar-refractivity contribution is -0.711. The van der Waals surface area contributed by atoms with Crippen molar-refractivity contribution in [3.63, 3.8) is 0 Å². The van der Waals surface area contributed by atoms with Crippen LogP contribution < -0.4 is 4.84 Å². The lowest BCUT2D eigenvalue weighted by atomic mass is 10.1. The van der Waals surface area contributed by atoms with Crippen molar-refractivity contribution in [1.82, 2.24) is 4.90 Å². The predicted octanol–water partition coefficient (Wildman–Crippen LogP) is 1.52. The molecule has 0 amide bonds. The minimum Gasteiger partial charge on any atom is -0.383 e. The Morgan fingerprint density at radius 3 is 2.41 bits per heavy atom. The van der Waals surface area contributed by atoms with Crippen LogP contribution in [0.3, 0.4) is 0 Å². The molecule has 6 heteroatoms. The molecular weight excluding hydrogens is 224 g/mol. The van der Waals surface area contributed by atoms with Gasteiger partial charge in [0.25, 0.3) is 5.09 Å². The molecule has 0 spiro atoms. The van der Waals surface area contributed by atoms with E-state index in [4.69, 9.17) is 0 Å². The van der Waals surface area contributed by atoms with Crippen molar-refractivity contribution in [3.05, 3.63) is 52.2 Å². The smallest absolute Gasteiger partial charge is 0.299 e. The lowest BCUT2D eigenvalue weighted by Crippen LogP contribution is -2.04. The molecule has 0 aliphatic rings. The Bertz CT molecular complexity index is 437. The standard InChI is InChI=1S/C11H12N2O4/c1-12(2)8-7-11(14)9-3-5-10(6-4-9)17-13(15)16/h3-8H,1-2H3/b8-7+. The Morgan fingerprint density at radius 2 is 1.94 bits per heavy atom. The second-order valence-corrected chi connectivity index (χ2v) is 3.48. The zero-order chi connectivity index (χ0) is 12.8. The van der Waals surface area contributed by atoms with Crippen LogP contribution in [0.25, 0.3) is 0 Å². The van der Waals surface area contributed by atoms with Crippen molar-refractivity contribution in [2.24, 2.45) is 0 Å². The molecule has 0 aromatic heterocycles. The number of benzene rings is 1. The van der Waals surface area contributed by atoms with Crippen LogP contribution >= 0.6 is 0 Å². The van der Waals surface area contributed by atoms with E-state index < -0.39 is 5.09 Å².